The zero-order chi connectivity index (χ0) is 17.0. The molecule has 2 aromatic rings. The number of carbonyl (C=O) groups is 2. The first-order valence-electron chi connectivity index (χ1n) is 6.21. The van der Waals surface area contributed by atoms with E-state index in [-0.39, 0.29) is 10.5 Å². The van der Waals surface area contributed by atoms with Gasteiger partial charge in [-0.3, -0.25) is 0 Å². The molecule has 0 aliphatic carbocycles. The quantitative estimate of drug-likeness (QED) is 0.781. The van der Waals surface area contributed by atoms with E-state index in [1.807, 2.05) is 4.72 Å². The molecular weight excluding hydrogens is 344 g/mol. The second-order valence-corrected chi connectivity index (χ2v) is 6.51. The molecule has 0 aliphatic heterocycles. The first kappa shape index (κ1) is 16.8. The largest absolute Gasteiger partial charge is 0.478 e. The Labute approximate surface area is 136 Å². The molecule has 2 amide bonds. The van der Waals surface area contributed by atoms with E-state index in [0.29, 0.717) is 10.7 Å². The van der Waals surface area contributed by atoms with Gasteiger partial charge in [-0.15, -0.1) is 0 Å². The Bertz CT molecular complexity index is 832. The van der Waals surface area contributed by atoms with Gasteiger partial charge in [-0.2, -0.15) is 0 Å². The van der Waals surface area contributed by atoms with Crippen LogP contribution >= 0.6 is 11.6 Å². The third-order valence-corrected chi connectivity index (χ3v) is 4.34. The molecule has 0 radical (unpaired) electrons. The first-order chi connectivity index (χ1) is 10.8. The SMILES string of the molecule is O=C(Nc1ccc(Cl)cc1)NS(=O)(=O)c1ccc(C(=O)O)cc1. The van der Waals surface area contributed by atoms with Gasteiger partial charge in [-0.1, -0.05) is 11.6 Å². The fourth-order valence-electron chi connectivity index (χ4n) is 1.65. The summed E-state index contributed by atoms with van der Waals surface area (Å²) < 4.78 is 25.9. The number of halogens is 1. The number of benzene rings is 2. The molecule has 0 bridgehead atoms. The number of amides is 2. The lowest BCUT2D eigenvalue weighted by molar-refractivity contribution is 0.0696. The number of anilines is 1. The minimum absolute atomic E-state index is 0.0606. The molecule has 0 spiro atoms. The molecule has 120 valence electrons. The molecule has 0 unspecified atom stereocenters. The molecule has 2 aromatic carbocycles. The number of hydrogen-bond acceptors (Lipinski definition) is 4. The topological polar surface area (TPSA) is 113 Å². The van der Waals surface area contributed by atoms with Crippen molar-refractivity contribution in [3.05, 3.63) is 59.1 Å². The highest BCUT2D eigenvalue weighted by atomic mass is 35.5. The van der Waals surface area contributed by atoms with E-state index in [4.69, 9.17) is 16.7 Å². The Morgan fingerprint density at radius 1 is 0.957 bits per heavy atom. The Morgan fingerprint density at radius 2 is 1.52 bits per heavy atom. The van der Waals surface area contributed by atoms with E-state index in [2.05, 4.69) is 5.32 Å². The van der Waals surface area contributed by atoms with Crippen molar-refractivity contribution in [3.8, 4) is 0 Å². The summed E-state index contributed by atoms with van der Waals surface area (Å²) >= 11 is 5.70. The van der Waals surface area contributed by atoms with Gasteiger partial charge in [0.2, 0.25) is 0 Å². The third-order valence-electron chi connectivity index (χ3n) is 2.74. The van der Waals surface area contributed by atoms with Crippen LogP contribution in [0, 0.1) is 0 Å². The molecule has 7 nitrogen and oxygen atoms in total. The van der Waals surface area contributed by atoms with Crippen molar-refractivity contribution in [2.45, 2.75) is 4.90 Å². The van der Waals surface area contributed by atoms with Crippen molar-refractivity contribution in [1.82, 2.24) is 4.72 Å². The second-order valence-electron chi connectivity index (χ2n) is 4.40. The average Bonchev–Trinajstić information content (AvgIpc) is 2.49. The van der Waals surface area contributed by atoms with Crippen LogP contribution in [-0.2, 0) is 10.0 Å². The number of carboxylic acids is 1. The summed E-state index contributed by atoms with van der Waals surface area (Å²) in [4.78, 5) is 22.2. The molecule has 9 heteroatoms. The van der Waals surface area contributed by atoms with Gasteiger partial charge >= 0.3 is 12.0 Å². The Kier molecular flexibility index (Phi) is 4.87. The van der Waals surface area contributed by atoms with Gasteiger partial charge < -0.3 is 10.4 Å². The summed E-state index contributed by atoms with van der Waals surface area (Å²) in [7, 11) is -4.11. The van der Waals surface area contributed by atoms with Crippen molar-refractivity contribution in [1.29, 1.82) is 0 Å². The van der Waals surface area contributed by atoms with E-state index in [0.717, 1.165) is 24.3 Å². The zero-order valence-electron chi connectivity index (χ0n) is 11.5. The van der Waals surface area contributed by atoms with Gasteiger partial charge in [-0.25, -0.2) is 22.7 Å². The molecule has 0 aliphatic rings. The lowest BCUT2D eigenvalue weighted by atomic mass is 10.2. The van der Waals surface area contributed by atoms with Gasteiger partial charge in [-0.05, 0) is 48.5 Å². The summed E-state index contributed by atoms with van der Waals surface area (Å²) in [5.74, 6) is -1.18. The van der Waals surface area contributed by atoms with E-state index < -0.39 is 22.0 Å². The van der Waals surface area contributed by atoms with E-state index in [1.165, 1.54) is 24.3 Å². The normalized spacial score (nSPS) is 10.8. The molecule has 0 saturated heterocycles. The van der Waals surface area contributed by atoms with Gasteiger partial charge in [0.25, 0.3) is 10.0 Å². The third kappa shape index (κ3) is 4.44. The summed E-state index contributed by atoms with van der Waals surface area (Å²) in [6.07, 6.45) is 0. The van der Waals surface area contributed by atoms with Crippen LogP contribution in [0.3, 0.4) is 0 Å². The smallest absolute Gasteiger partial charge is 0.335 e. The maximum atomic E-state index is 12.0. The fraction of sp³-hybridized carbons (Fsp3) is 0. The molecular formula is C14H11ClN2O5S. The number of nitrogens with one attached hydrogen (secondary N) is 2. The number of aromatic carboxylic acids is 1. The summed E-state index contributed by atoms with van der Waals surface area (Å²) in [6.45, 7) is 0. The Balaban J connectivity index is 2.09. The standard InChI is InChI=1S/C14H11ClN2O5S/c15-10-3-5-11(6-4-10)16-14(20)17-23(21,22)12-7-1-9(2-8-12)13(18)19/h1-8H,(H,18,19)(H2,16,17,20). The lowest BCUT2D eigenvalue weighted by Gasteiger charge is -2.09. The average molecular weight is 355 g/mol. The maximum Gasteiger partial charge on any atom is 0.335 e. The molecule has 0 fully saturated rings. The van der Waals surface area contributed by atoms with Crippen molar-refractivity contribution in [2.75, 3.05) is 5.32 Å². The number of sulfonamides is 1. The van der Waals surface area contributed by atoms with Crippen LogP contribution in [-0.4, -0.2) is 25.5 Å². The molecule has 0 aromatic heterocycles. The van der Waals surface area contributed by atoms with Crippen molar-refractivity contribution >= 4 is 39.3 Å². The summed E-state index contributed by atoms with van der Waals surface area (Å²) in [6, 6.07) is 9.61. The molecule has 0 heterocycles. The monoisotopic (exact) mass is 354 g/mol. The van der Waals surface area contributed by atoms with Crippen molar-refractivity contribution in [2.24, 2.45) is 0 Å². The van der Waals surface area contributed by atoms with E-state index in [9.17, 15) is 18.0 Å². The predicted molar refractivity (Wildman–Crippen MR) is 84.2 cm³/mol. The van der Waals surface area contributed by atoms with E-state index in [1.54, 1.807) is 0 Å². The summed E-state index contributed by atoms with van der Waals surface area (Å²) in [5, 5.41) is 11.6. The predicted octanol–water partition coefficient (Wildman–Crippen LogP) is 2.55. The minimum Gasteiger partial charge on any atom is -0.478 e. The Hall–Kier alpha value is -2.58. The van der Waals surface area contributed by atoms with Crippen LogP contribution in [0.15, 0.2) is 53.4 Å². The molecule has 23 heavy (non-hydrogen) atoms. The van der Waals surface area contributed by atoms with Crippen LogP contribution in [0.1, 0.15) is 10.4 Å². The minimum atomic E-state index is -4.11. The second kappa shape index (κ2) is 6.67. The van der Waals surface area contributed by atoms with Gasteiger partial charge in [0.15, 0.2) is 0 Å². The first-order valence-corrected chi connectivity index (χ1v) is 8.07. The highest BCUT2D eigenvalue weighted by Crippen LogP contribution is 2.14. The molecule has 3 N–H and O–H groups in total. The number of rotatable bonds is 4. The van der Waals surface area contributed by atoms with Gasteiger partial charge in [0.1, 0.15) is 0 Å². The van der Waals surface area contributed by atoms with Gasteiger partial charge in [0, 0.05) is 10.7 Å². The fourth-order valence-corrected chi connectivity index (χ4v) is 2.68. The zero-order valence-corrected chi connectivity index (χ0v) is 13.1. The van der Waals surface area contributed by atoms with Crippen LogP contribution in [0.2, 0.25) is 5.02 Å². The van der Waals surface area contributed by atoms with Crippen molar-refractivity contribution < 1.29 is 23.1 Å². The molecule has 0 atom stereocenters. The number of hydrogen-bond donors (Lipinski definition) is 3. The van der Waals surface area contributed by atoms with Gasteiger partial charge in [0.05, 0.1) is 10.5 Å². The lowest BCUT2D eigenvalue weighted by Crippen LogP contribution is -2.34. The van der Waals surface area contributed by atoms with Crippen LogP contribution < -0.4 is 10.0 Å². The highest BCUT2D eigenvalue weighted by Gasteiger charge is 2.18. The number of urea groups is 1. The molecule has 2 rings (SSSR count). The van der Waals surface area contributed by atoms with Crippen LogP contribution in [0.4, 0.5) is 10.5 Å². The molecule has 0 saturated carbocycles. The van der Waals surface area contributed by atoms with Crippen molar-refractivity contribution in [3.63, 3.8) is 0 Å². The Morgan fingerprint density at radius 3 is 2.04 bits per heavy atom. The maximum absolute atomic E-state index is 12.0. The van der Waals surface area contributed by atoms with Crippen LogP contribution in [0.5, 0.6) is 0 Å². The van der Waals surface area contributed by atoms with E-state index >= 15 is 0 Å². The summed E-state index contributed by atoms with van der Waals surface area (Å²) in [5.41, 5.74) is 0.304. The number of carbonyl (C=O) groups excluding carboxylic acids is 1. The van der Waals surface area contributed by atoms with Crippen LogP contribution in [0.25, 0.3) is 0 Å². The highest BCUT2D eigenvalue weighted by molar-refractivity contribution is 7.90. The number of carboxylic acid groups (broad SMARTS) is 1.